The highest BCUT2D eigenvalue weighted by Crippen LogP contribution is 2.28. The van der Waals surface area contributed by atoms with Gasteiger partial charge in [-0.05, 0) is 76.5 Å². The number of hydrogen-bond donors (Lipinski definition) is 1. The summed E-state index contributed by atoms with van der Waals surface area (Å²) < 4.78 is 26.1. The molecule has 0 saturated heterocycles. The Bertz CT molecular complexity index is 1630. The quantitative estimate of drug-likeness (QED) is 0.254. The van der Waals surface area contributed by atoms with Crippen molar-refractivity contribution < 1.29 is 13.9 Å². The van der Waals surface area contributed by atoms with E-state index in [2.05, 4.69) is 32.3 Å². The average Bonchev–Trinajstić information content (AvgIpc) is 3.42. The lowest BCUT2D eigenvalue weighted by Gasteiger charge is -2.30. The fraction of sp³-hybridized carbons (Fsp3) is 0.267. The van der Waals surface area contributed by atoms with Crippen LogP contribution < -0.4 is 15.0 Å². The molecule has 2 heterocycles. The maximum Gasteiger partial charge on any atom is 0.252 e. The van der Waals surface area contributed by atoms with Crippen molar-refractivity contribution in [1.29, 1.82) is 0 Å². The minimum Gasteiger partial charge on any atom is -0.497 e. The van der Waals surface area contributed by atoms with E-state index in [1.54, 1.807) is 31.0 Å². The summed E-state index contributed by atoms with van der Waals surface area (Å²) in [6.07, 6.45) is 0.684. The van der Waals surface area contributed by atoms with Gasteiger partial charge in [-0.25, -0.2) is 9.07 Å². The molecule has 0 saturated carbocycles. The van der Waals surface area contributed by atoms with Gasteiger partial charge in [-0.1, -0.05) is 31.2 Å². The Morgan fingerprint density at radius 1 is 0.925 bits per heavy atom. The van der Waals surface area contributed by atoms with E-state index in [4.69, 9.17) is 9.47 Å². The van der Waals surface area contributed by atoms with Crippen LogP contribution in [-0.2, 0) is 19.6 Å². The molecule has 0 aliphatic carbocycles. The largest absolute Gasteiger partial charge is 0.497 e. The number of ether oxygens (including phenoxy) is 2. The molecule has 0 amide bonds. The molecule has 1 atom stereocenters. The van der Waals surface area contributed by atoms with E-state index in [9.17, 15) is 9.18 Å². The zero-order valence-corrected chi connectivity index (χ0v) is 22.7. The molecular formula is C30H31FN6O3. The molecule has 0 spiro atoms. The van der Waals surface area contributed by atoms with E-state index in [0.29, 0.717) is 43.2 Å². The van der Waals surface area contributed by atoms with Gasteiger partial charge < -0.3 is 14.5 Å². The van der Waals surface area contributed by atoms with Crippen molar-refractivity contribution in [3.63, 3.8) is 0 Å². The highest BCUT2D eigenvalue weighted by atomic mass is 19.1. The highest BCUT2D eigenvalue weighted by Gasteiger charge is 2.26. The van der Waals surface area contributed by atoms with Gasteiger partial charge in [-0.2, -0.15) is 0 Å². The maximum absolute atomic E-state index is 13.7. The van der Waals surface area contributed by atoms with E-state index < -0.39 is 0 Å². The molecule has 1 N–H and O–H groups in total. The van der Waals surface area contributed by atoms with Crippen molar-refractivity contribution in [3.8, 4) is 11.5 Å². The number of nitrogens with one attached hydrogen (secondary N) is 1. The number of H-pyrrole nitrogens is 1. The Balaban J connectivity index is 1.50. The van der Waals surface area contributed by atoms with Gasteiger partial charge in [-0.15, -0.1) is 5.10 Å². The molecule has 10 heteroatoms. The summed E-state index contributed by atoms with van der Waals surface area (Å²) in [4.78, 5) is 18.3. The van der Waals surface area contributed by atoms with E-state index in [1.165, 1.54) is 12.1 Å². The van der Waals surface area contributed by atoms with E-state index in [-0.39, 0.29) is 17.4 Å². The van der Waals surface area contributed by atoms with Crippen LogP contribution in [0, 0.1) is 5.82 Å². The number of tetrazole rings is 1. The number of methoxy groups -OCH3 is 2. The average molecular weight is 543 g/mol. The third-order valence-corrected chi connectivity index (χ3v) is 6.98. The van der Waals surface area contributed by atoms with Crippen LogP contribution in [0.3, 0.4) is 0 Å². The number of aromatic amines is 1. The molecule has 9 nitrogen and oxygen atoms in total. The molecule has 0 fully saturated rings. The first-order valence-electron chi connectivity index (χ1n) is 13.0. The van der Waals surface area contributed by atoms with Crippen molar-refractivity contribution in [1.82, 2.24) is 30.1 Å². The molecular weight excluding hydrogens is 511 g/mol. The Kier molecular flexibility index (Phi) is 8.16. The van der Waals surface area contributed by atoms with E-state index in [1.807, 2.05) is 48.5 Å². The summed E-state index contributed by atoms with van der Waals surface area (Å²) in [6.45, 7) is 3.32. The summed E-state index contributed by atoms with van der Waals surface area (Å²) in [6, 6.07) is 21.4. The number of fused-ring (bicyclic) bond motifs is 1. The van der Waals surface area contributed by atoms with Crippen molar-refractivity contribution >= 4 is 10.9 Å². The first kappa shape index (κ1) is 27.0. The molecule has 206 valence electrons. The van der Waals surface area contributed by atoms with Gasteiger partial charge in [0.05, 0.1) is 26.8 Å². The maximum atomic E-state index is 13.7. The Morgan fingerprint density at radius 3 is 2.33 bits per heavy atom. The highest BCUT2D eigenvalue weighted by molar-refractivity contribution is 5.80. The van der Waals surface area contributed by atoms with Crippen LogP contribution >= 0.6 is 0 Å². The van der Waals surface area contributed by atoms with Crippen molar-refractivity contribution in [2.24, 2.45) is 0 Å². The van der Waals surface area contributed by atoms with Crippen LogP contribution in [0.25, 0.3) is 10.9 Å². The third-order valence-electron chi connectivity index (χ3n) is 6.98. The minimum atomic E-state index is -0.300. The van der Waals surface area contributed by atoms with Crippen LogP contribution in [-0.4, -0.2) is 44.3 Å². The lowest BCUT2D eigenvalue weighted by atomic mass is 10.1. The monoisotopic (exact) mass is 542 g/mol. The molecule has 0 aliphatic heterocycles. The molecule has 0 radical (unpaired) electrons. The summed E-state index contributed by atoms with van der Waals surface area (Å²) in [5.74, 6) is 1.86. The predicted molar refractivity (Wildman–Crippen MR) is 150 cm³/mol. The molecule has 3 aromatic carbocycles. The zero-order chi connectivity index (χ0) is 28.1. The number of pyridine rings is 1. The topological polar surface area (TPSA) is 98.2 Å². The molecule has 5 aromatic rings. The first-order chi connectivity index (χ1) is 19.5. The second-order valence-electron chi connectivity index (χ2n) is 9.58. The molecule has 1 unspecified atom stereocenters. The zero-order valence-electron chi connectivity index (χ0n) is 22.7. The standard InChI is InChI=1S/C30H31FN6O3/c1-4-28(29-33-34-35-37(29)18-21-7-11-25(39-2)12-8-21)36(17-20-5-9-24(31)10-6-20)19-23-15-22-16-26(40-3)13-14-27(22)32-30(23)38/h5-16,28H,4,17-19H2,1-3H3,(H,32,38). The van der Waals surface area contributed by atoms with Crippen LogP contribution in [0.1, 0.15) is 41.9 Å². The smallest absolute Gasteiger partial charge is 0.252 e. The molecule has 2 aromatic heterocycles. The second-order valence-corrected chi connectivity index (χ2v) is 9.58. The molecule has 5 rings (SSSR count). The summed E-state index contributed by atoms with van der Waals surface area (Å²) in [5, 5.41) is 13.5. The van der Waals surface area contributed by atoms with Crippen molar-refractivity contribution in [2.75, 3.05) is 14.2 Å². The van der Waals surface area contributed by atoms with Crippen molar-refractivity contribution in [3.05, 3.63) is 111 Å². The fourth-order valence-electron chi connectivity index (χ4n) is 4.86. The van der Waals surface area contributed by atoms with Crippen molar-refractivity contribution in [2.45, 2.75) is 39.0 Å². The second kappa shape index (κ2) is 12.1. The minimum absolute atomic E-state index is 0.172. The molecule has 0 aliphatic rings. The van der Waals surface area contributed by atoms with Crippen LogP contribution in [0.2, 0.25) is 0 Å². The normalized spacial score (nSPS) is 12.1. The van der Waals surface area contributed by atoms with Gasteiger partial charge in [0.25, 0.3) is 5.56 Å². The Hall–Kier alpha value is -4.57. The van der Waals surface area contributed by atoms with Gasteiger partial charge >= 0.3 is 0 Å². The van der Waals surface area contributed by atoms with E-state index >= 15 is 0 Å². The molecule has 40 heavy (non-hydrogen) atoms. The Labute approximate surface area is 231 Å². The number of rotatable bonds is 11. The van der Waals surface area contributed by atoms with Gasteiger partial charge in [0, 0.05) is 29.6 Å². The van der Waals surface area contributed by atoms with Gasteiger partial charge in [0.1, 0.15) is 17.3 Å². The summed E-state index contributed by atoms with van der Waals surface area (Å²) in [7, 11) is 3.24. The molecule has 0 bridgehead atoms. The lowest BCUT2D eigenvalue weighted by molar-refractivity contribution is 0.161. The summed E-state index contributed by atoms with van der Waals surface area (Å²) >= 11 is 0. The fourth-order valence-corrected chi connectivity index (χ4v) is 4.86. The number of aromatic nitrogens is 5. The Morgan fingerprint density at radius 2 is 1.62 bits per heavy atom. The third kappa shape index (κ3) is 6.02. The van der Waals surface area contributed by atoms with Gasteiger partial charge in [0.2, 0.25) is 0 Å². The SMILES string of the molecule is CCC(c1nnnn1Cc1ccc(OC)cc1)N(Cc1ccc(F)cc1)Cc1cc2cc(OC)ccc2[nH]c1=O. The van der Waals surface area contributed by atoms with Gasteiger partial charge in [-0.3, -0.25) is 9.69 Å². The van der Waals surface area contributed by atoms with E-state index in [0.717, 1.165) is 27.8 Å². The first-order valence-corrected chi connectivity index (χ1v) is 13.0. The van der Waals surface area contributed by atoms with Crippen LogP contribution in [0.5, 0.6) is 11.5 Å². The van der Waals surface area contributed by atoms with Crippen LogP contribution in [0.4, 0.5) is 4.39 Å². The number of hydrogen-bond acceptors (Lipinski definition) is 7. The van der Waals surface area contributed by atoms with Gasteiger partial charge in [0.15, 0.2) is 5.82 Å². The number of nitrogens with zero attached hydrogens (tertiary/aromatic N) is 5. The predicted octanol–water partition coefficient (Wildman–Crippen LogP) is 4.87. The summed E-state index contributed by atoms with van der Waals surface area (Å²) in [5.41, 5.74) is 3.09. The lowest BCUT2D eigenvalue weighted by Crippen LogP contribution is -2.32. The van der Waals surface area contributed by atoms with Crippen LogP contribution in [0.15, 0.2) is 77.6 Å². The number of halogens is 1. The number of benzene rings is 3.